The van der Waals surface area contributed by atoms with Crippen molar-refractivity contribution in [3.63, 3.8) is 0 Å². The van der Waals surface area contributed by atoms with Crippen LogP contribution in [0, 0.1) is 11.8 Å². The number of benzene rings is 2. The molecule has 5 rings (SSSR count). The van der Waals surface area contributed by atoms with Crippen LogP contribution in [0.1, 0.15) is 37.8 Å². The van der Waals surface area contributed by atoms with E-state index >= 15 is 0 Å². The number of anilines is 1. The Balaban J connectivity index is 1.62. The Morgan fingerprint density at radius 3 is 2.44 bits per heavy atom. The van der Waals surface area contributed by atoms with Crippen molar-refractivity contribution < 1.29 is 24.2 Å². The molecular formula is C27H30ClN3O5. The van der Waals surface area contributed by atoms with Crippen LogP contribution in [0.3, 0.4) is 0 Å². The largest absolute Gasteiger partial charge is 0.394 e. The number of amides is 3. The van der Waals surface area contributed by atoms with Crippen molar-refractivity contribution in [2.24, 2.45) is 11.8 Å². The molecule has 3 aliphatic heterocycles. The summed E-state index contributed by atoms with van der Waals surface area (Å²) >= 11 is 6.01. The molecule has 190 valence electrons. The van der Waals surface area contributed by atoms with Gasteiger partial charge in [0.1, 0.15) is 11.6 Å². The minimum absolute atomic E-state index is 0.268. The third-order valence-electron chi connectivity index (χ3n) is 8.20. The van der Waals surface area contributed by atoms with Crippen LogP contribution in [0.5, 0.6) is 0 Å². The topological polar surface area (TPSA) is 108 Å². The molecule has 0 saturated carbocycles. The highest BCUT2D eigenvalue weighted by Gasteiger charge is 2.79. The predicted octanol–water partition coefficient (Wildman–Crippen LogP) is 2.91. The number of likely N-dealkylation sites (tertiary alicyclic amines) is 1. The van der Waals surface area contributed by atoms with Gasteiger partial charge in [0.25, 0.3) is 0 Å². The lowest BCUT2D eigenvalue weighted by Gasteiger charge is -2.37. The molecule has 3 aliphatic rings. The number of fused-ring (bicyclic) bond motifs is 1. The maximum atomic E-state index is 14.2. The van der Waals surface area contributed by atoms with Gasteiger partial charge in [0.15, 0.2) is 0 Å². The molecule has 0 aliphatic carbocycles. The van der Waals surface area contributed by atoms with Crippen LogP contribution in [0.25, 0.3) is 0 Å². The zero-order chi connectivity index (χ0) is 25.7. The Kier molecular flexibility index (Phi) is 6.31. The van der Waals surface area contributed by atoms with E-state index in [1.54, 1.807) is 31.3 Å². The van der Waals surface area contributed by atoms with Crippen LogP contribution < -0.4 is 10.6 Å². The molecule has 3 amide bonds. The van der Waals surface area contributed by atoms with E-state index in [-0.39, 0.29) is 18.4 Å². The first kappa shape index (κ1) is 24.7. The van der Waals surface area contributed by atoms with Gasteiger partial charge in [-0.2, -0.15) is 0 Å². The van der Waals surface area contributed by atoms with Crippen molar-refractivity contribution in [2.75, 3.05) is 19.0 Å². The zero-order valence-corrected chi connectivity index (χ0v) is 21.0. The summed E-state index contributed by atoms with van der Waals surface area (Å²) in [5.74, 6) is -2.59. The highest BCUT2D eigenvalue weighted by atomic mass is 35.5. The first-order valence-electron chi connectivity index (χ1n) is 12.3. The minimum atomic E-state index is -1.18. The van der Waals surface area contributed by atoms with E-state index in [0.717, 1.165) is 0 Å². The smallest absolute Gasteiger partial charge is 0.250 e. The summed E-state index contributed by atoms with van der Waals surface area (Å²) in [4.78, 5) is 42.8. The van der Waals surface area contributed by atoms with Crippen molar-refractivity contribution in [1.82, 2.24) is 10.2 Å². The van der Waals surface area contributed by atoms with Crippen LogP contribution in [-0.2, 0) is 19.1 Å². The van der Waals surface area contributed by atoms with Gasteiger partial charge in [-0.15, -0.1) is 0 Å². The number of ether oxygens (including phenoxy) is 1. The summed E-state index contributed by atoms with van der Waals surface area (Å²) in [6, 6.07) is 14.0. The number of rotatable bonds is 7. The second kappa shape index (κ2) is 9.18. The second-order valence-corrected chi connectivity index (χ2v) is 10.2. The zero-order valence-electron chi connectivity index (χ0n) is 20.2. The van der Waals surface area contributed by atoms with Crippen LogP contribution in [-0.4, -0.2) is 58.6 Å². The molecule has 3 N–H and O–H groups in total. The number of nitrogens with one attached hydrogen (secondary N) is 2. The molecule has 9 heteroatoms. The molecular weight excluding hydrogens is 482 g/mol. The van der Waals surface area contributed by atoms with Gasteiger partial charge in [0, 0.05) is 17.8 Å². The lowest BCUT2D eigenvalue weighted by Crippen LogP contribution is -2.54. The van der Waals surface area contributed by atoms with Crippen molar-refractivity contribution in [3.05, 3.63) is 65.2 Å². The average molecular weight is 512 g/mol. The number of hydrogen-bond donors (Lipinski definition) is 3. The number of aliphatic hydroxyl groups is 1. The number of halogens is 1. The van der Waals surface area contributed by atoms with E-state index in [4.69, 9.17) is 16.3 Å². The van der Waals surface area contributed by atoms with Gasteiger partial charge in [-0.25, -0.2) is 0 Å². The summed E-state index contributed by atoms with van der Waals surface area (Å²) < 4.78 is 6.69. The van der Waals surface area contributed by atoms with Gasteiger partial charge < -0.3 is 25.4 Å². The summed E-state index contributed by atoms with van der Waals surface area (Å²) in [5.41, 5.74) is -0.766. The number of hydrogen-bond acceptors (Lipinski definition) is 5. The molecule has 0 radical (unpaired) electrons. The number of carbonyl (C=O) groups excluding carboxylic acids is 3. The Hall–Kier alpha value is -2.94. The fourth-order valence-corrected chi connectivity index (χ4v) is 6.74. The third-order valence-corrected chi connectivity index (χ3v) is 8.45. The molecule has 2 bridgehead atoms. The van der Waals surface area contributed by atoms with Crippen LogP contribution in [0.2, 0.25) is 5.02 Å². The molecule has 8 nitrogen and oxygen atoms in total. The molecule has 36 heavy (non-hydrogen) atoms. The number of aliphatic hydroxyl groups excluding tert-OH is 1. The van der Waals surface area contributed by atoms with E-state index in [2.05, 4.69) is 10.6 Å². The minimum Gasteiger partial charge on any atom is -0.394 e. The summed E-state index contributed by atoms with van der Waals surface area (Å²) in [6.07, 6.45) is 1.58. The molecule has 2 aromatic carbocycles. The maximum Gasteiger partial charge on any atom is 0.250 e. The fraction of sp³-hybridized carbons (Fsp3) is 0.444. The first-order valence-corrected chi connectivity index (χ1v) is 12.7. The number of nitrogens with zero attached hydrogens (tertiary/aromatic N) is 1. The summed E-state index contributed by atoms with van der Waals surface area (Å²) in [5, 5.41) is 16.6. The van der Waals surface area contributed by atoms with Crippen molar-refractivity contribution in [3.8, 4) is 0 Å². The lowest BCUT2D eigenvalue weighted by molar-refractivity contribution is -0.149. The van der Waals surface area contributed by atoms with Gasteiger partial charge in [-0.3, -0.25) is 14.4 Å². The van der Waals surface area contributed by atoms with Crippen molar-refractivity contribution >= 4 is 35.0 Å². The van der Waals surface area contributed by atoms with Gasteiger partial charge in [-0.1, -0.05) is 48.9 Å². The van der Waals surface area contributed by atoms with Crippen molar-refractivity contribution in [1.29, 1.82) is 0 Å². The van der Waals surface area contributed by atoms with Gasteiger partial charge in [0.2, 0.25) is 17.7 Å². The highest BCUT2D eigenvalue weighted by Crippen LogP contribution is 2.65. The van der Waals surface area contributed by atoms with E-state index in [1.165, 1.54) is 4.90 Å². The molecule has 3 saturated heterocycles. The fourth-order valence-electron chi connectivity index (χ4n) is 6.62. The van der Waals surface area contributed by atoms with Crippen LogP contribution >= 0.6 is 11.6 Å². The Bertz CT molecular complexity index is 1180. The molecule has 3 fully saturated rings. The summed E-state index contributed by atoms with van der Waals surface area (Å²) in [6.45, 7) is 1.56. The van der Waals surface area contributed by atoms with E-state index < -0.39 is 41.0 Å². The predicted molar refractivity (Wildman–Crippen MR) is 134 cm³/mol. The lowest BCUT2D eigenvalue weighted by atomic mass is 9.65. The molecule has 2 unspecified atom stereocenters. The average Bonchev–Trinajstić information content (AvgIpc) is 3.50. The Morgan fingerprint density at radius 1 is 1.14 bits per heavy atom. The highest BCUT2D eigenvalue weighted by molar-refractivity contribution is 6.30. The SMILES string of the molecule is CC[C@@]12CCC3(O1)C(C(=O)Nc1ccc(Cl)cc1)N([C@H](CO)c1ccccc1)C(=O)[C@@H]3[C@@H]2C(=O)NC. The summed E-state index contributed by atoms with van der Waals surface area (Å²) in [7, 11) is 1.55. The van der Waals surface area contributed by atoms with Gasteiger partial charge in [-0.05, 0) is 49.1 Å². The second-order valence-electron chi connectivity index (χ2n) is 9.80. The molecule has 2 aromatic rings. The molecule has 1 spiro atoms. The first-order chi connectivity index (χ1) is 17.3. The molecule has 0 aromatic heterocycles. The van der Waals surface area contributed by atoms with Crippen LogP contribution in [0.4, 0.5) is 5.69 Å². The Morgan fingerprint density at radius 2 is 1.83 bits per heavy atom. The molecule has 3 heterocycles. The third kappa shape index (κ3) is 3.54. The maximum absolute atomic E-state index is 14.2. The standard InChI is InChI=1S/C27H30ClN3O5/c1-3-26-13-14-27(36-26)21(20(26)23(33)29-2)25(35)31(19(15-32)16-7-5-4-6-8-16)22(27)24(34)30-18-11-9-17(28)10-12-18/h4-12,19-22,32H,3,13-15H2,1-2H3,(H,29,33)(H,30,34)/t19-,20-,21+,22?,26+,27?/m1/s1. The number of carbonyl (C=O) groups is 3. The Labute approximate surface area is 215 Å². The van der Waals surface area contributed by atoms with E-state index in [9.17, 15) is 19.5 Å². The quantitative estimate of drug-likeness (QED) is 0.530. The molecule has 6 atom stereocenters. The monoisotopic (exact) mass is 511 g/mol. The van der Waals surface area contributed by atoms with Crippen LogP contribution in [0.15, 0.2) is 54.6 Å². The normalized spacial score (nSPS) is 31.3. The van der Waals surface area contributed by atoms with E-state index in [1.807, 2.05) is 37.3 Å². The van der Waals surface area contributed by atoms with Crippen molar-refractivity contribution in [2.45, 2.75) is 49.5 Å². The van der Waals surface area contributed by atoms with E-state index in [0.29, 0.717) is 35.5 Å². The van der Waals surface area contributed by atoms with Gasteiger partial charge in [0.05, 0.1) is 30.1 Å². The van der Waals surface area contributed by atoms with Gasteiger partial charge >= 0.3 is 0 Å².